The van der Waals surface area contributed by atoms with E-state index in [4.69, 9.17) is 9.47 Å². The van der Waals surface area contributed by atoms with Crippen molar-refractivity contribution in [3.63, 3.8) is 0 Å². The van der Waals surface area contributed by atoms with E-state index in [2.05, 4.69) is 26.8 Å². The number of carboxylic acid groups (broad SMARTS) is 1. The predicted octanol–water partition coefficient (Wildman–Crippen LogP) is 14.2. The standard InChI is InChI=1S/C76H89F7N8O8.3ClH/c1-84(35-14-6-9-25-68(92)86(3)43-44-88-38-30-63(31-39-88)91(72(96)97)66-24-13-11-22-64(66)55-18-7-5-8-19-55)50-54-17-15-21-57(45-54)70(94)87(4)37-16-36-85(2)69(93)51-98-67-48-56-20-10-12-23-65(56)73(67)32-40-89(41-33-73)42-34-74(59-26-28-62(77)29-27-59)52-90(53-99-74)71(95)58-46-60(75(78,79)80)49-61(47-58)76(81,82)83;;;/h5,7-8,10-13,15,17-24,26-29,45-47,49,63,67H,6,9,14,16,25,30-44,48,50-53H2,1-4H3,(H,96,97);3*1H/t67-,74+;;;/m0.../s1. The van der Waals surface area contributed by atoms with Crippen molar-refractivity contribution in [2.45, 2.75) is 113 Å². The molecule has 4 aliphatic rings. The van der Waals surface area contributed by atoms with Crippen molar-refractivity contribution >= 4 is 72.6 Å². The van der Waals surface area contributed by atoms with Gasteiger partial charge in [-0.05, 0) is 161 Å². The number of ether oxygens (including phenoxy) is 2. The first kappa shape index (κ1) is 81.9. The number of fused-ring (bicyclic) bond motifs is 2. The number of hydrogen-bond donors (Lipinski definition) is 1. The van der Waals surface area contributed by atoms with Crippen LogP contribution in [0, 0.1) is 5.82 Å². The van der Waals surface area contributed by atoms with Gasteiger partial charge in [-0.3, -0.25) is 24.1 Å². The van der Waals surface area contributed by atoms with Gasteiger partial charge in [-0.1, -0.05) is 103 Å². The Labute approximate surface area is 611 Å². The zero-order valence-electron chi connectivity index (χ0n) is 57.9. The molecule has 3 saturated heterocycles. The summed E-state index contributed by atoms with van der Waals surface area (Å²) in [5.41, 5.74) is 1.24. The lowest BCUT2D eigenvalue weighted by Crippen LogP contribution is -2.50. The molecule has 554 valence electrons. The van der Waals surface area contributed by atoms with Crippen molar-refractivity contribution in [3.8, 4) is 11.1 Å². The fourth-order valence-electron chi connectivity index (χ4n) is 14.6. The lowest BCUT2D eigenvalue weighted by Gasteiger charge is -2.44. The van der Waals surface area contributed by atoms with E-state index in [1.165, 1.54) is 29.2 Å². The average Bonchev–Trinajstić information content (AvgIpc) is 1.56. The monoisotopic (exact) mass is 1480 g/mol. The summed E-state index contributed by atoms with van der Waals surface area (Å²) in [7, 11) is 7.37. The molecule has 3 aliphatic heterocycles. The molecule has 1 spiro atoms. The molecule has 0 bridgehead atoms. The Kier molecular flexibility index (Phi) is 29.2. The number of carbonyl (C=O) groups excluding carboxylic acids is 4. The second-order valence-electron chi connectivity index (χ2n) is 27.0. The van der Waals surface area contributed by atoms with E-state index in [0.717, 1.165) is 78.2 Å². The second-order valence-corrected chi connectivity index (χ2v) is 27.0. The molecule has 3 fully saturated rings. The van der Waals surface area contributed by atoms with Crippen molar-refractivity contribution in [3.05, 3.63) is 196 Å². The largest absolute Gasteiger partial charge is 0.465 e. The predicted molar refractivity (Wildman–Crippen MR) is 385 cm³/mol. The van der Waals surface area contributed by atoms with Crippen LogP contribution in [0.3, 0.4) is 0 Å². The average molecular weight is 1480 g/mol. The number of para-hydroxylation sites is 1. The highest BCUT2D eigenvalue weighted by Gasteiger charge is 2.50. The highest BCUT2D eigenvalue weighted by Crippen LogP contribution is 2.49. The zero-order chi connectivity index (χ0) is 70.7. The first-order valence-electron chi connectivity index (χ1n) is 34.1. The molecule has 102 heavy (non-hydrogen) atoms. The van der Waals surface area contributed by atoms with Crippen molar-refractivity contribution in [2.75, 3.05) is 118 Å². The van der Waals surface area contributed by atoms with Gasteiger partial charge in [-0.25, -0.2) is 9.18 Å². The Morgan fingerprint density at radius 2 is 1.25 bits per heavy atom. The zero-order valence-corrected chi connectivity index (χ0v) is 60.4. The van der Waals surface area contributed by atoms with Crippen LogP contribution in [-0.4, -0.2) is 195 Å². The Morgan fingerprint density at radius 1 is 0.627 bits per heavy atom. The lowest BCUT2D eigenvalue weighted by molar-refractivity contribution is -0.143. The third kappa shape index (κ3) is 20.3. The molecule has 1 aliphatic carbocycles. The highest BCUT2D eigenvalue weighted by atomic mass is 35.5. The molecule has 0 aromatic heterocycles. The number of rotatable bonds is 27. The third-order valence-corrected chi connectivity index (χ3v) is 20.4. The number of hydrogen-bond acceptors (Lipinski definition) is 10. The Balaban J connectivity index is 0.00000486. The normalized spacial score (nSPS) is 17.6. The molecule has 6 aromatic carbocycles. The van der Waals surface area contributed by atoms with E-state index in [-0.39, 0.29) is 92.7 Å². The van der Waals surface area contributed by atoms with Gasteiger partial charge in [0.15, 0.2) is 0 Å². The van der Waals surface area contributed by atoms with E-state index < -0.39 is 64.6 Å². The van der Waals surface area contributed by atoms with Crippen molar-refractivity contribution in [1.82, 2.24) is 34.3 Å². The summed E-state index contributed by atoms with van der Waals surface area (Å²) >= 11 is 0. The fourth-order valence-corrected chi connectivity index (χ4v) is 14.6. The van der Waals surface area contributed by atoms with E-state index in [1.54, 1.807) is 28.8 Å². The second kappa shape index (κ2) is 36.4. The molecular weight excluding hydrogens is 1390 g/mol. The van der Waals surface area contributed by atoms with Gasteiger partial charge in [0.25, 0.3) is 11.8 Å². The summed E-state index contributed by atoms with van der Waals surface area (Å²) in [6.45, 7) is 5.94. The Bertz CT molecular complexity index is 3740. The summed E-state index contributed by atoms with van der Waals surface area (Å²) in [6, 6.07) is 39.4. The lowest BCUT2D eigenvalue weighted by atomic mass is 9.72. The fraction of sp³-hybridized carbons (Fsp3) is 0.461. The SMILES string of the molecule is CN(CCCCCC(=O)N(C)CCN1CCC(N(C(=O)O)c2ccccc2-c2ccccc2)CC1)Cc1cccc(C(=O)N(C)CCCN(C)C(=O)CO[C@H]2Cc3ccccc3C23CCN(CC[C@]2(c4ccc(F)cc4)CN(C(=O)c4cc(C(F)(F)F)cc(C(F)(F)F)c4)CO2)CC3)c1.Cl.Cl.Cl. The number of alkyl halides is 6. The van der Waals surface area contributed by atoms with E-state index in [1.807, 2.05) is 105 Å². The number of halogens is 10. The van der Waals surface area contributed by atoms with Crippen molar-refractivity contribution in [1.29, 1.82) is 0 Å². The molecule has 2 atom stereocenters. The number of benzene rings is 6. The molecule has 0 radical (unpaired) electrons. The van der Waals surface area contributed by atoms with Crippen LogP contribution >= 0.6 is 37.2 Å². The molecule has 5 amide bonds. The van der Waals surface area contributed by atoms with Crippen LogP contribution in [0.5, 0.6) is 0 Å². The molecular formula is C76H92Cl3F7N8O8. The Morgan fingerprint density at radius 3 is 1.93 bits per heavy atom. The number of unbranched alkanes of at least 4 members (excludes halogenated alkanes) is 2. The van der Waals surface area contributed by atoms with Crippen LogP contribution in [0.2, 0.25) is 0 Å². The molecule has 6 aromatic rings. The number of likely N-dealkylation sites (tertiary alicyclic amines) is 2. The molecule has 10 rings (SSSR count). The third-order valence-electron chi connectivity index (χ3n) is 20.4. The van der Waals surface area contributed by atoms with E-state index in [9.17, 15) is 59.8 Å². The van der Waals surface area contributed by atoms with Gasteiger partial charge in [0.1, 0.15) is 24.8 Å². The first-order chi connectivity index (χ1) is 47.3. The molecule has 3 heterocycles. The van der Waals surface area contributed by atoms with Gasteiger partial charge >= 0.3 is 18.4 Å². The summed E-state index contributed by atoms with van der Waals surface area (Å²) in [5.74, 6) is -1.81. The van der Waals surface area contributed by atoms with Gasteiger partial charge in [0, 0.05) is 108 Å². The summed E-state index contributed by atoms with van der Waals surface area (Å²) in [6.07, 6.45) is -4.36. The van der Waals surface area contributed by atoms with Crippen LogP contribution in [-0.2, 0) is 55.4 Å². The number of likely N-dealkylation sites (N-methyl/N-ethyl adjacent to an activating group) is 2. The van der Waals surface area contributed by atoms with Crippen LogP contribution in [0.15, 0.2) is 146 Å². The van der Waals surface area contributed by atoms with E-state index >= 15 is 0 Å². The van der Waals surface area contributed by atoms with Crippen molar-refractivity contribution in [2.24, 2.45) is 0 Å². The number of amides is 5. The smallest absolute Gasteiger partial charge is 0.416 e. The first-order valence-corrected chi connectivity index (χ1v) is 34.1. The number of nitrogens with zero attached hydrogens (tertiary/aromatic N) is 8. The Hall–Kier alpha value is -7.35. The van der Waals surface area contributed by atoms with Crippen molar-refractivity contribution < 1.29 is 69.3 Å². The molecule has 16 nitrogen and oxygen atoms in total. The van der Waals surface area contributed by atoms with Gasteiger partial charge in [-0.2, -0.15) is 26.3 Å². The minimum atomic E-state index is -5.15. The maximum atomic E-state index is 14.3. The quantitative estimate of drug-likeness (QED) is 0.0388. The summed E-state index contributed by atoms with van der Waals surface area (Å²) in [4.78, 5) is 81.5. The molecule has 1 N–H and O–H groups in total. The van der Waals surface area contributed by atoms with Crippen LogP contribution in [0.4, 0.5) is 41.2 Å². The van der Waals surface area contributed by atoms with Crippen LogP contribution < -0.4 is 4.90 Å². The number of carbonyl (C=O) groups is 5. The van der Waals surface area contributed by atoms with E-state index in [0.29, 0.717) is 120 Å². The van der Waals surface area contributed by atoms with Crippen LogP contribution in [0.25, 0.3) is 11.1 Å². The number of piperidine rings is 2. The van der Waals surface area contributed by atoms with Gasteiger partial charge in [-0.15, -0.1) is 37.2 Å². The van der Waals surface area contributed by atoms with Crippen LogP contribution in [0.1, 0.15) is 118 Å². The summed E-state index contributed by atoms with van der Waals surface area (Å²) < 4.78 is 110. The maximum absolute atomic E-state index is 14.3. The topological polar surface area (TPSA) is 150 Å². The van der Waals surface area contributed by atoms with Gasteiger partial charge in [0.05, 0.1) is 29.5 Å². The van der Waals surface area contributed by atoms with Gasteiger partial charge < -0.3 is 48.9 Å². The maximum Gasteiger partial charge on any atom is 0.416 e. The molecule has 0 unspecified atom stereocenters. The summed E-state index contributed by atoms with van der Waals surface area (Å²) in [5, 5.41) is 10.4. The molecule has 0 saturated carbocycles. The minimum Gasteiger partial charge on any atom is -0.465 e. The number of anilines is 1. The molecule has 26 heteroatoms. The minimum absolute atomic E-state index is 0. The van der Waals surface area contributed by atoms with Gasteiger partial charge in [0.2, 0.25) is 11.8 Å². The highest BCUT2D eigenvalue weighted by molar-refractivity contribution is 5.96.